The molecule has 0 saturated carbocycles. The topological polar surface area (TPSA) is 48.7 Å². The van der Waals surface area contributed by atoms with Gasteiger partial charge in [-0.1, -0.05) is 19.4 Å². The van der Waals surface area contributed by atoms with Crippen molar-refractivity contribution in [3.05, 3.63) is 46.4 Å². The fourth-order valence-electron chi connectivity index (χ4n) is 1.81. The van der Waals surface area contributed by atoms with Crippen LogP contribution in [0.2, 0.25) is 0 Å². The van der Waals surface area contributed by atoms with Crippen molar-refractivity contribution in [3.63, 3.8) is 0 Å². The number of pyridine rings is 1. The Kier molecular flexibility index (Phi) is 4.32. The van der Waals surface area contributed by atoms with E-state index in [1.807, 2.05) is 12.1 Å². The summed E-state index contributed by atoms with van der Waals surface area (Å²) < 4.78 is 0. The minimum atomic E-state index is 0.324. The van der Waals surface area contributed by atoms with E-state index in [-0.39, 0.29) is 0 Å². The zero-order valence-electron chi connectivity index (χ0n) is 10.3. The van der Waals surface area contributed by atoms with Gasteiger partial charge in [0, 0.05) is 4.88 Å². The van der Waals surface area contributed by atoms with Crippen molar-refractivity contribution >= 4 is 17.0 Å². The first-order valence-corrected chi connectivity index (χ1v) is 6.87. The third-order valence-electron chi connectivity index (χ3n) is 2.68. The molecule has 18 heavy (non-hydrogen) atoms. The second-order valence-electron chi connectivity index (χ2n) is 4.04. The van der Waals surface area contributed by atoms with Crippen LogP contribution in [-0.4, -0.2) is 4.98 Å². The molecule has 1 unspecified atom stereocenters. The molecule has 3 nitrogen and oxygen atoms in total. The molecule has 92 valence electrons. The van der Waals surface area contributed by atoms with Crippen LogP contribution in [0.4, 0.5) is 5.69 Å². The molecule has 0 aliphatic heterocycles. The second-order valence-corrected chi connectivity index (χ2v) is 5.02. The summed E-state index contributed by atoms with van der Waals surface area (Å²) in [6.45, 7) is 2.18. The smallest absolute Gasteiger partial charge is 0.140 e. The van der Waals surface area contributed by atoms with Crippen molar-refractivity contribution in [2.75, 3.05) is 5.32 Å². The molecule has 2 aromatic heterocycles. The Morgan fingerprint density at radius 2 is 2.33 bits per heavy atom. The van der Waals surface area contributed by atoms with E-state index in [9.17, 15) is 0 Å². The van der Waals surface area contributed by atoms with E-state index >= 15 is 0 Å². The van der Waals surface area contributed by atoms with Crippen LogP contribution in [0.15, 0.2) is 35.8 Å². The van der Waals surface area contributed by atoms with Gasteiger partial charge in [0.25, 0.3) is 0 Å². The highest BCUT2D eigenvalue weighted by molar-refractivity contribution is 7.10. The fourth-order valence-corrected chi connectivity index (χ4v) is 2.62. The summed E-state index contributed by atoms with van der Waals surface area (Å²) in [7, 11) is 0. The van der Waals surface area contributed by atoms with Crippen molar-refractivity contribution in [1.29, 1.82) is 5.26 Å². The van der Waals surface area contributed by atoms with Crippen LogP contribution in [0, 0.1) is 11.3 Å². The van der Waals surface area contributed by atoms with Gasteiger partial charge in [0.05, 0.1) is 17.9 Å². The number of nitrogens with zero attached hydrogens (tertiary/aromatic N) is 2. The molecule has 0 spiro atoms. The average molecular weight is 257 g/mol. The van der Waals surface area contributed by atoms with Gasteiger partial charge >= 0.3 is 0 Å². The van der Waals surface area contributed by atoms with E-state index in [1.165, 1.54) is 4.88 Å². The molecule has 0 fully saturated rings. The SMILES string of the molecule is CCCC(Nc1ccc(C#N)nc1)c1cccs1. The van der Waals surface area contributed by atoms with Gasteiger partial charge < -0.3 is 5.32 Å². The van der Waals surface area contributed by atoms with Crippen molar-refractivity contribution in [2.24, 2.45) is 0 Å². The molecule has 0 aliphatic carbocycles. The first-order valence-electron chi connectivity index (χ1n) is 5.99. The fraction of sp³-hybridized carbons (Fsp3) is 0.286. The molecular formula is C14H15N3S. The number of hydrogen-bond acceptors (Lipinski definition) is 4. The maximum Gasteiger partial charge on any atom is 0.140 e. The molecule has 2 aromatic rings. The Balaban J connectivity index is 2.11. The number of rotatable bonds is 5. The summed E-state index contributed by atoms with van der Waals surface area (Å²) in [4.78, 5) is 5.41. The lowest BCUT2D eigenvalue weighted by atomic mass is 10.1. The zero-order valence-corrected chi connectivity index (χ0v) is 11.1. The molecule has 1 N–H and O–H groups in total. The highest BCUT2D eigenvalue weighted by atomic mass is 32.1. The summed E-state index contributed by atoms with van der Waals surface area (Å²) >= 11 is 1.76. The quantitative estimate of drug-likeness (QED) is 0.881. The second kappa shape index (κ2) is 6.18. The monoisotopic (exact) mass is 257 g/mol. The Bertz CT molecular complexity index is 511. The predicted octanol–water partition coefficient (Wildman–Crippen LogP) is 3.97. The molecule has 4 heteroatoms. The largest absolute Gasteiger partial charge is 0.376 e. The lowest BCUT2D eigenvalue weighted by molar-refractivity contribution is 0.687. The summed E-state index contributed by atoms with van der Waals surface area (Å²) in [5.41, 5.74) is 1.41. The number of hydrogen-bond donors (Lipinski definition) is 1. The van der Waals surface area contributed by atoms with Crippen molar-refractivity contribution in [1.82, 2.24) is 4.98 Å². The number of anilines is 1. The number of nitriles is 1. The summed E-state index contributed by atoms with van der Waals surface area (Å²) in [6, 6.07) is 10.2. The first-order chi connectivity index (χ1) is 8.83. The number of thiophene rings is 1. The highest BCUT2D eigenvalue weighted by Crippen LogP contribution is 2.27. The summed E-state index contributed by atoms with van der Waals surface area (Å²) in [5, 5.41) is 14.3. The van der Waals surface area contributed by atoms with E-state index in [0.29, 0.717) is 11.7 Å². The van der Waals surface area contributed by atoms with E-state index in [2.05, 4.69) is 34.7 Å². The van der Waals surface area contributed by atoms with Crippen molar-refractivity contribution in [3.8, 4) is 6.07 Å². The summed E-state index contributed by atoms with van der Waals surface area (Å²) in [6.07, 6.45) is 3.93. The molecule has 2 rings (SSSR count). The number of aromatic nitrogens is 1. The molecule has 0 bridgehead atoms. The Hall–Kier alpha value is -1.86. The van der Waals surface area contributed by atoms with Gasteiger partial charge in [0.2, 0.25) is 0 Å². The van der Waals surface area contributed by atoms with E-state index in [0.717, 1.165) is 18.5 Å². The number of nitrogens with one attached hydrogen (secondary N) is 1. The average Bonchev–Trinajstić information content (AvgIpc) is 2.93. The first kappa shape index (κ1) is 12.6. The van der Waals surface area contributed by atoms with Gasteiger partial charge in [-0.2, -0.15) is 5.26 Å². The molecule has 2 heterocycles. The standard InChI is InChI=1S/C14H15N3S/c1-2-4-13(14-5-3-8-18-14)17-12-7-6-11(9-15)16-10-12/h3,5-8,10,13,17H,2,4H2,1H3. The molecule has 0 amide bonds. The minimum absolute atomic E-state index is 0.324. The third-order valence-corrected chi connectivity index (χ3v) is 3.67. The van der Waals surface area contributed by atoms with Gasteiger partial charge in [-0.05, 0) is 30.0 Å². The molecule has 0 radical (unpaired) electrons. The molecule has 0 saturated heterocycles. The normalized spacial score (nSPS) is 11.8. The summed E-state index contributed by atoms with van der Waals surface area (Å²) in [5.74, 6) is 0. The van der Waals surface area contributed by atoms with Gasteiger partial charge in [-0.25, -0.2) is 4.98 Å². The van der Waals surface area contributed by atoms with Crippen LogP contribution >= 0.6 is 11.3 Å². The van der Waals surface area contributed by atoms with E-state index in [1.54, 1.807) is 23.6 Å². The molecular weight excluding hydrogens is 242 g/mol. The van der Waals surface area contributed by atoms with Crippen molar-refractivity contribution < 1.29 is 0 Å². The van der Waals surface area contributed by atoms with Crippen molar-refractivity contribution in [2.45, 2.75) is 25.8 Å². The molecule has 0 aromatic carbocycles. The van der Waals surface area contributed by atoms with Gasteiger partial charge in [-0.3, -0.25) is 0 Å². The van der Waals surface area contributed by atoms with Crippen LogP contribution < -0.4 is 5.32 Å². The minimum Gasteiger partial charge on any atom is -0.376 e. The molecule has 0 aliphatic rings. The zero-order chi connectivity index (χ0) is 12.8. The Morgan fingerprint density at radius 1 is 1.44 bits per heavy atom. The van der Waals surface area contributed by atoms with E-state index in [4.69, 9.17) is 5.26 Å². The lowest BCUT2D eigenvalue weighted by Gasteiger charge is -2.17. The van der Waals surface area contributed by atoms with Crippen LogP contribution in [0.25, 0.3) is 0 Å². The Morgan fingerprint density at radius 3 is 2.89 bits per heavy atom. The van der Waals surface area contributed by atoms with Crippen LogP contribution in [0.5, 0.6) is 0 Å². The Labute approximate surface area is 111 Å². The highest BCUT2D eigenvalue weighted by Gasteiger charge is 2.11. The maximum atomic E-state index is 8.71. The lowest BCUT2D eigenvalue weighted by Crippen LogP contribution is -2.09. The maximum absolute atomic E-state index is 8.71. The van der Waals surface area contributed by atoms with E-state index < -0.39 is 0 Å². The van der Waals surface area contributed by atoms with Gasteiger partial charge in [0.15, 0.2) is 0 Å². The van der Waals surface area contributed by atoms with Crippen LogP contribution in [0.3, 0.4) is 0 Å². The third kappa shape index (κ3) is 3.08. The molecule has 1 atom stereocenters. The van der Waals surface area contributed by atoms with Gasteiger partial charge in [-0.15, -0.1) is 11.3 Å². The van der Waals surface area contributed by atoms with Gasteiger partial charge in [0.1, 0.15) is 11.8 Å². The van der Waals surface area contributed by atoms with Crippen LogP contribution in [-0.2, 0) is 0 Å². The predicted molar refractivity (Wildman–Crippen MR) is 74.5 cm³/mol. The van der Waals surface area contributed by atoms with Crippen LogP contribution in [0.1, 0.15) is 36.4 Å².